The highest BCUT2D eigenvalue weighted by Crippen LogP contribution is 2.65. The molecule has 2 aromatic rings. The highest BCUT2D eigenvalue weighted by Gasteiger charge is 2.68. The molecule has 2 amide bonds. The minimum Gasteiger partial charge on any atom is -0.404 e. The largest absolute Gasteiger partial charge is 0.481 e. The summed E-state index contributed by atoms with van der Waals surface area (Å²) in [4.78, 5) is 33.2. The zero-order valence-electron chi connectivity index (χ0n) is 27.8. The SMILES string of the molecule is CC(C)C[C@H](NC(=O)C1(Cc2ccccc2)CC(CNC(=O)c2cc(C(F)(F)F)ccc2Cl)=NO1)B1O[C@@H]2C[C@@H]3C[C@@H](C3(C)C)[C@]2(C)O1. The van der Waals surface area contributed by atoms with Crippen molar-refractivity contribution in [1.29, 1.82) is 0 Å². The Bertz CT molecular complexity index is 1590. The van der Waals surface area contributed by atoms with E-state index in [0.29, 0.717) is 30.0 Å². The Morgan fingerprint density at radius 3 is 2.50 bits per heavy atom. The normalized spacial score (nSPS) is 29.4. The van der Waals surface area contributed by atoms with Crippen LogP contribution in [0.5, 0.6) is 0 Å². The van der Waals surface area contributed by atoms with Crippen LogP contribution in [0.3, 0.4) is 0 Å². The van der Waals surface area contributed by atoms with Gasteiger partial charge in [0, 0.05) is 12.8 Å². The number of hydrogen-bond donors (Lipinski definition) is 2. The van der Waals surface area contributed by atoms with Crippen molar-refractivity contribution in [2.24, 2.45) is 28.3 Å². The van der Waals surface area contributed by atoms with Crippen LogP contribution in [0, 0.1) is 23.2 Å². The van der Waals surface area contributed by atoms with Crippen LogP contribution in [0.15, 0.2) is 53.7 Å². The summed E-state index contributed by atoms with van der Waals surface area (Å²) in [5.41, 5.74) is -1.81. The fourth-order valence-electron chi connectivity index (χ4n) is 8.13. The van der Waals surface area contributed by atoms with E-state index in [1.807, 2.05) is 30.3 Å². The number of rotatable bonds is 10. The third-order valence-corrected chi connectivity index (χ3v) is 11.2. The summed E-state index contributed by atoms with van der Waals surface area (Å²) in [6.07, 6.45) is -1.79. The molecule has 2 aromatic carbocycles. The summed E-state index contributed by atoms with van der Waals surface area (Å²) in [6.45, 7) is 10.8. The number of hydrogen-bond acceptors (Lipinski definition) is 6. The summed E-state index contributed by atoms with van der Waals surface area (Å²) < 4.78 is 53.1. The fourth-order valence-corrected chi connectivity index (χ4v) is 8.34. The van der Waals surface area contributed by atoms with Gasteiger partial charge >= 0.3 is 13.3 Å². The van der Waals surface area contributed by atoms with Gasteiger partial charge in [-0.2, -0.15) is 13.2 Å². The Hall–Kier alpha value is -3.09. The summed E-state index contributed by atoms with van der Waals surface area (Å²) in [7, 11) is -0.631. The van der Waals surface area contributed by atoms with Crippen LogP contribution in [0.1, 0.15) is 81.8 Å². The second-order valence-electron chi connectivity index (χ2n) is 15.0. The molecule has 3 aliphatic carbocycles. The number of halogens is 4. The van der Waals surface area contributed by atoms with Gasteiger partial charge in [0.05, 0.1) is 46.1 Å². The monoisotopic (exact) mass is 687 g/mol. The van der Waals surface area contributed by atoms with Gasteiger partial charge in [-0.1, -0.05) is 74.8 Å². The molecule has 2 bridgehead atoms. The lowest BCUT2D eigenvalue weighted by atomic mass is 9.43. The maximum atomic E-state index is 14.3. The predicted molar refractivity (Wildman–Crippen MR) is 176 cm³/mol. The van der Waals surface area contributed by atoms with E-state index in [0.717, 1.165) is 30.5 Å². The number of oxime groups is 1. The first-order valence-corrected chi connectivity index (χ1v) is 17.0. The van der Waals surface area contributed by atoms with Crippen LogP contribution in [0.2, 0.25) is 5.02 Å². The van der Waals surface area contributed by atoms with Gasteiger partial charge in [0.1, 0.15) is 0 Å². The van der Waals surface area contributed by atoms with E-state index in [4.69, 9.17) is 25.7 Å². The minimum atomic E-state index is -4.64. The zero-order chi connectivity index (χ0) is 34.6. The van der Waals surface area contributed by atoms with E-state index >= 15 is 0 Å². The first kappa shape index (κ1) is 34.8. The summed E-state index contributed by atoms with van der Waals surface area (Å²) >= 11 is 6.07. The van der Waals surface area contributed by atoms with Gasteiger partial charge in [0.25, 0.3) is 11.8 Å². The summed E-state index contributed by atoms with van der Waals surface area (Å²) in [6, 6.07) is 12.0. The van der Waals surface area contributed by atoms with E-state index < -0.39 is 41.9 Å². The molecule has 0 spiro atoms. The molecule has 4 fully saturated rings. The molecule has 0 aromatic heterocycles. The van der Waals surface area contributed by atoms with Gasteiger partial charge < -0.3 is 24.8 Å². The van der Waals surface area contributed by atoms with Crippen molar-refractivity contribution in [3.63, 3.8) is 0 Å². The quantitative estimate of drug-likeness (QED) is 0.273. The second-order valence-corrected chi connectivity index (χ2v) is 15.4. The summed E-state index contributed by atoms with van der Waals surface area (Å²) in [5.74, 6) is -0.468. The fraction of sp³-hybridized carbons (Fsp3) is 0.571. The molecule has 1 unspecified atom stereocenters. The minimum absolute atomic E-state index is 0.0450. The Balaban J connectivity index is 1.18. The van der Waals surface area contributed by atoms with Gasteiger partial charge in [-0.25, -0.2) is 0 Å². The van der Waals surface area contributed by atoms with Gasteiger partial charge in [-0.15, -0.1) is 0 Å². The number of carbonyl (C=O) groups excluding carboxylic acids is 2. The van der Waals surface area contributed by atoms with Crippen LogP contribution in [0.25, 0.3) is 0 Å². The van der Waals surface area contributed by atoms with Crippen molar-refractivity contribution in [1.82, 2.24) is 10.6 Å². The molecule has 7 rings (SSSR count). The molecule has 48 heavy (non-hydrogen) atoms. The zero-order valence-corrected chi connectivity index (χ0v) is 28.6. The van der Waals surface area contributed by atoms with Crippen LogP contribution >= 0.6 is 11.6 Å². The van der Waals surface area contributed by atoms with Crippen molar-refractivity contribution >= 4 is 36.2 Å². The van der Waals surface area contributed by atoms with Gasteiger partial charge in [-0.05, 0) is 73.1 Å². The molecular formula is C35H42BClF3N3O5. The molecule has 6 atom stereocenters. The third-order valence-electron chi connectivity index (χ3n) is 10.9. The Morgan fingerprint density at radius 1 is 1.10 bits per heavy atom. The molecule has 2 aliphatic heterocycles. The van der Waals surface area contributed by atoms with E-state index in [2.05, 4.69) is 50.4 Å². The van der Waals surface area contributed by atoms with E-state index in [1.165, 1.54) is 0 Å². The standard InChI is InChI=1S/C35H42BClF3N3O5/c1-20(2)13-29(36-46-28-16-23-15-27(32(23,3)4)33(28,5)47-36)42-31(45)34(17-21-9-7-6-8-10-21)18-24(43-48-34)19-41-30(44)25-14-22(35(38,39)40)11-12-26(25)37/h6-12,14,20,23,27-29H,13,15-19H2,1-5H3,(H,41,44)(H,42,45)/t23-,27-,28+,29-,33-,34?/m0/s1. The van der Waals surface area contributed by atoms with Gasteiger partial charge in [0.2, 0.25) is 5.60 Å². The van der Waals surface area contributed by atoms with Crippen molar-refractivity contribution in [3.05, 3.63) is 70.2 Å². The highest BCUT2D eigenvalue weighted by molar-refractivity contribution is 6.48. The van der Waals surface area contributed by atoms with Gasteiger partial charge in [0.15, 0.2) is 0 Å². The highest BCUT2D eigenvalue weighted by atomic mass is 35.5. The van der Waals surface area contributed by atoms with E-state index in [-0.39, 0.29) is 53.3 Å². The maximum absolute atomic E-state index is 14.3. The average molecular weight is 688 g/mol. The van der Waals surface area contributed by atoms with Crippen LogP contribution in [0.4, 0.5) is 13.2 Å². The lowest BCUT2D eigenvalue weighted by molar-refractivity contribution is -0.199. The number of amides is 2. The van der Waals surface area contributed by atoms with Crippen LogP contribution in [-0.2, 0) is 31.5 Å². The Morgan fingerprint density at radius 2 is 1.83 bits per heavy atom. The second kappa shape index (κ2) is 12.7. The molecule has 258 valence electrons. The third kappa shape index (κ3) is 6.47. The smallest absolute Gasteiger partial charge is 0.404 e. The number of benzene rings is 2. The maximum Gasteiger partial charge on any atom is 0.481 e. The first-order chi connectivity index (χ1) is 22.5. The van der Waals surface area contributed by atoms with E-state index in [1.54, 1.807) is 0 Å². The first-order valence-electron chi connectivity index (χ1n) is 16.6. The summed E-state index contributed by atoms with van der Waals surface area (Å²) in [5, 5.41) is 9.86. The number of alkyl halides is 3. The predicted octanol–water partition coefficient (Wildman–Crippen LogP) is 6.64. The molecule has 8 nitrogen and oxygen atoms in total. The number of nitrogens with one attached hydrogen (secondary N) is 2. The lowest BCUT2D eigenvalue weighted by Crippen LogP contribution is -2.65. The van der Waals surface area contributed by atoms with Crippen LogP contribution < -0.4 is 10.6 Å². The van der Waals surface area contributed by atoms with Crippen molar-refractivity contribution in [2.45, 2.75) is 96.1 Å². The molecular weight excluding hydrogens is 646 g/mol. The van der Waals surface area contributed by atoms with Crippen molar-refractivity contribution < 1.29 is 36.9 Å². The molecule has 3 saturated carbocycles. The molecule has 13 heteroatoms. The average Bonchev–Trinajstić information content (AvgIpc) is 3.60. The number of nitrogens with zero attached hydrogens (tertiary/aromatic N) is 1. The molecule has 2 N–H and O–H groups in total. The van der Waals surface area contributed by atoms with Crippen LogP contribution in [-0.4, -0.2) is 54.4 Å². The molecule has 2 heterocycles. The van der Waals surface area contributed by atoms with Crippen molar-refractivity contribution in [3.8, 4) is 0 Å². The lowest BCUT2D eigenvalue weighted by Gasteiger charge is -2.64. The molecule has 1 saturated heterocycles. The molecule has 0 radical (unpaired) electrons. The molecule has 5 aliphatic rings. The van der Waals surface area contributed by atoms with Crippen molar-refractivity contribution in [2.75, 3.05) is 6.54 Å². The Kier molecular flexibility index (Phi) is 9.17. The topological polar surface area (TPSA) is 98.3 Å². The Labute approximate surface area is 284 Å². The van der Waals surface area contributed by atoms with Gasteiger partial charge in [-0.3, -0.25) is 9.59 Å². The van der Waals surface area contributed by atoms with E-state index in [9.17, 15) is 22.8 Å². The number of carbonyl (C=O) groups is 2.